The summed E-state index contributed by atoms with van der Waals surface area (Å²) in [5.41, 5.74) is 6.70. The molecule has 2 unspecified atom stereocenters. The van der Waals surface area contributed by atoms with Crippen LogP contribution in [0.4, 0.5) is 0 Å². The van der Waals surface area contributed by atoms with Crippen LogP contribution in [0.25, 0.3) is 0 Å². The van der Waals surface area contributed by atoms with Gasteiger partial charge in [-0.1, -0.05) is 0 Å². The van der Waals surface area contributed by atoms with Crippen LogP contribution in [0.2, 0.25) is 0 Å². The lowest BCUT2D eigenvalue weighted by molar-refractivity contribution is 0.205. The summed E-state index contributed by atoms with van der Waals surface area (Å²) in [4.78, 5) is 5.10. The van der Waals surface area contributed by atoms with Gasteiger partial charge in [-0.15, -0.1) is 0 Å². The summed E-state index contributed by atoms with van der Waals surface area (Å²) in [5.74, 6) is 1.05. The van der Waals surface area contributed by atoms with E-state index in [4.69, 9.17) is 10.2 Å². The summed E-state index contributed by atoms with van der Waals surface area (Å²) in [6.07, 6.45) is 5.81. The fourth-order valence-electron chi connectivity index (χ4n) is 3.36. The van der Waals surface area contributed by atoms with E-state index in [-0.39, 0.29) is 0 Å². The van der Waals surface area contributed by atoms with E-state index in [1.165, 1.54) is 32.4 Å². The predicted molar refractivity (Wildman–Crippen MR) is 71.1 cm³/mol. The Morgan fingerprint density at radius 1 is 1.33 bits per heavy atom. The van der Waals surface area contributed by atoms with Crippen LogP contribution in [-0.4, -0.2) is 42.0 Å². The molecule has 0 aliphatic carbocycles. The van der Waals surface area contributed by atoms with Gasteiger partial charge in [0.2, 0.25) is 0 Å². The third-order valence-electron chi connectivity index (χ3n) is 4.56. The van der Waals surface area contributed by atoms with Crippen molar-refractivity contribution in [2.75, 3.05) is 20.1 Å². The molecule has 2 aliphatic rings. The highest BCUT2D eigenvalue weighted by atomic mass is 16.3. The molecular formula is C14H23N3O. The van der Waals surface area contributed by atoms with Gasteiger partial charge in [-0.3, -0.25) is 9.80 Å². The van der Waals surface area contributed by atoms with Crippen LogP contribution >= 0.6 is 0 Å². The Morgan fingerprint density at radius 2 is 2.17 bits per heavy atom. The van der Waals surface area contributed by atoms with Crippen LogP contribution in [0.3, 0.4) is 0 Å². The van der Waals surface area contributed by atoms with Crippen molar-refractivity contribution in [1.29, 1.82) is 0 Å². The lowest BCUT2D eigenvalue weighted by Gasteiger charge is -2.24. The molecule has 3 rings (SSSR count). The molecule has 0 saturated carbocycles. The molecule has 3 heterocycles. The summed E-state index contributed by atoms with van der Waals surface area (Å²) >= 11 is 0. The van der Waals surface area contributed by atoms with Gasteiger partial charge >= 0.3 is 0 Å². The highest BCUT2D eigenvalue weighted by molar-refractivity contribution is 5.12. The molecule has 0 amide bonds. The fraction of sp³-hybridized carbons (Fsp3) is 0.714. The van der Waals surface area contributed by atoms with E-state index in [2.05, 4.69) is 22.9 Å². The number of hydrogen-bond donors (Lipinski definition) is 1. The van der Waals surface area contributed by atoms with E-state index >= 15 is 0 Å². The van der Waals surface area contributed by atoms with Gasteiger partial charge in [-0.25, -0.2) is 0 Å². The first kappa shape index (κ1) is 12.2. The van der Waals surface area contributed by atoms with Gasteiger partial charge in [-0.2, -0.15) is 0 Å². The van der Waals surface area contributed by atoms with Crippen LogP contribution in [-0.2, 0) is 13.1 Å². The maximum absolute atomic E-state index is 5.61. The van der Waals surface area contributed by atoms with Gasteiger partial charge in [0.05, 0.1) is 12.8 Å². The van der Waals surface area contributed by atoms with Gasteiger partial charge in [0, 0.05) is 37.3 Å². The second-order valence-electron chi connectivity index (χ2n) is 5.70. The first-order valence-electron chi connectivity index (χ1n) is 6.97. The van der Waals surface area contributed by atoms with Crippen molar-refractivity contribution in [3.05, 3.63) is 23.7 Å². The van der Waals surface area contributed by atoms with Crippen molar-refractivity contribution in [3.63, 3.8) is 0 Å². The molecule has 0 radical (unpaired) electrons. The average molecular weight is 249 g/mol. The maximum atomic E-state index is 5.61. The zero-order valence-electron chi connectivity index (χ0n) is 11.1. The minimum Gasteiger partial charge on any atom is -0.468 e. The molecule has 2 saturated heterocycles. The molecule has 4 heteroatoms. The molecule has 2 aliphatic heterocycles. The molecule has 2 atom stereocenters. The Hall–Kier alpha value is -0.840. The van der Waals surface area contributed by atoms with E-state index in [0.29, 0.717) is 6.54 Å². The zero-order chi connectivity index (χ0) is 12.5. The topological polar surface area (TPSA) is 45.6 Å². The first-order valence-corrected chi connectivity index (χ1v) is 6.97. The monoisotopic (exact) mass is 249 g/mol. The lowest BCUT2D eigenvalue weighted by atomic mass is 10.1. The molecule has 18 heavy (non-hydrogen) atoms. The summed E-state index contributed by atoms with van der Waals surface area (Å²) in [6.45, 7) is 3.85. The number of fused-ring (bicyclic) bond motifs is 2. The van der Waals surface area contributed by atoms with Crippen LogP contribution in [0.5, 0.6) is 0 Å². The van der Waals surface area contributed by atoms with Crippen molar-refractivity contribution in [1.82, 2.24) is 9.80 Å². The molecule has 100 valence electrons. The van der Waals surface area contributed by atoms with E-state index < -0.39 is 0 Å². The number of nitrogens with zero attached hydrogens (tertiary/aromatic N) is 2. The van der Waals surface area contributed by atoms with Crippen molar-refractivity contribution < 1.29 is 4.42 Å². The Labute approximate surface area is 109 Å². The minimum absolute atomic E-state index is 0.566. The molecule has 2 N–H and O–H groups in total. The zero-order valence-corrected chi connectivity index (χ0v) is 11.1. The minimum atomic E-state index is 0.566. The SMILES string of the molecule is CN1C2CCC1CN(Cc1cc(CN)co1)CC2. The lowest BCUT2D eigenvalue weighted by Crippen LogP contribution is -2.36. The number of hydrogen-bond acceptors (Lipinski definition) is 4. The van der Waals surface area contributed by atoms with Crippen molar-refractivity contribution in [2.45, 2.75) is 44.4 Å². The van der Waals surface area contributed by atoms with Crippen LogP contribution in [0, 0.1) is 0 Å². The van der Waals surface area contributed by atoms with Gasteiger partial charge < -0.3 is 10.2 Å². The van der Waals surface area contributed by atoms with E-state index in [1.54, 1.807) is 6.26 Å². The molecule has 2 bridgehead atoms. The smallest absolute Gasteiger partial charge is 0.118 e. The van der Waals surface area contributed by atoms with E-state index in [9.17, 15) is 0 Å². The molecule has 0 spiro atoms. The number of nitrogens with two attached hydrogens (primary N) is 1. The Morgan fingerprint density at radius 3 is 2.94 bits per heavy atom. The molecule has 1 aromatic heterocycles. The highest BCUT2D eigenvalue weighted by Crippen LogP contribution is 2.29. The molecule has 2 fully saturated rings. The number of likely N-dealkylation sites (N-methyl/N-ethyl adjacent to an activating group) is 1. The number of rotatable bonds is 3. The van der Waals surface area contributed by atoms with E-state index in [1.807, 2.05) is 0 Å². The average Bonchev–Trinajstić information content (AvgIpc) is 2.89. The van der Waals surface area contributed by atoms with Crippen LogP contribution < -0.4 is 5.73 Å². The van der Waals surface area contributed by atoms with Crippen molar-refractivity contribution in [3.8, 4) is 0 Å². The number of furan rings is 1. The first-order chi connectivity index (χ1) is 8.76. The summed E-state index contributed by atoms with van der Waals surface area (Å²) in [6, 6.07) is 3.63. The van der Waals surface area contributed by atoms with E-state index in [0.717, 1.165) is 30.0 Å². The summed E-state index contributed by atoms with van der Waals surface area (Å²) in [7, 11) is 2.28. The van der Waals surface area contributed by atoms with Crippen molar-refractivity contribution >= 4 is 0 Å². The molecule has 0 aromatic carbocycles. The highest BCUT2D eigenvalue weighted by Gasteiger charge is 2.34. The Kier molecular flexibility index (Phi) is 3.41. The number of likely N-dealkylation sites (tertiary alicyclic amines) is 1. The largest absolute Gasteiger partial charge is 0.468 e. The quantitative estimate of drug-likeness (QED) is 0.879. The van der Waals surface area contributed by atoms with Crippen LogP contribution in [0.15, 0.2) is 16.7 Å². The second kappa shape index (κ2) is 5.03. The maximum Gasteiger partial charge on any atom is 0.118 e. The van der Waals surface area contributed by atoms with Gasteiger partial charge in [0.1, 0.15) is 5.76 Å². The van der Waals surface area contributed by atoms with Crippen LogP contribution in [0.1, 0.15) is 30.6 Å². The Balaban J connectivity index is 1.63. The normalized spacial score (nSPS) is 29.7. The third-order valence-corrected chi connectivity index (χ3v) is 4.56. The molecule has 4 nitrogen and oxygen atoms in total. The molecular weight excluding hydrogens is 226 g/mol. The summed E-state index contributed by atoms with van der Waals surface area (Å²) < 4.78 is 5.57. The standard InChI is InChI=1S/C14H23N3O/c1-16-12-2-3-13(16)8-17(5-4-12)9-14-6-11(7-15)10-18-14/h6,10,12-13H,2-5,7-9,15H2,1H3. The third kappa shape index (κ3) is 2.32. The van der Waals surface area contributed by atoms with Gasteiger partial charge in [0.15, 0.2) is 0 Å². The summed E-state index contributed by atoms with van der Waals surface area (Å²) in [5, 5.41) is 0. The van der Waals surface area contributed by atoms with Gasteiger partial charge in [-0.05, 0) is 32.4 Å². The van der Waals surface area contributed by atoms with Gasteiger partial charge in [0.25, 0.3) is 0 Å². The molecule has 1 aromatic rings. The Bertz CT molecular complexity index is 403. The van der Waals surface area contributed by atoms with Crippen molar-refractivity contribution in [2.24, 2.45) is 5.73 Å². The predicted octanol–water partition coefficient (Wildman–Crippen LogP) is 1.41. The fourth-order valence-corrected chi connectivity index (χ4v) is 3.36. The second-order valence-corrected chi connectivity index (χ2v) is 5.70.